The summed E-state index contributed by atoms with van der Waals surface area (Å²) in [5, 5.41) is 7.90. The van der Waals surface area contributed by atoms with E-state index in [4.69, 9.17) is 4.74 Å². The van der Waals surface area contributed by atoms with Crippen molar-refractivity contribution < 1.29 is 17.5 Å². The minimum atomic E-state index is -3.33. The summed E-state index contributed by atoms with van der Waals surface area (Å²) in [6, 6.07) is 21.2. The zero-order valence-electron chi connectivity index (χ0n) is 17.2. The maximum atomic E-state index is 13.3. The molecule has 1 aliphatic carbocycles. The van der Waals surface area contributed by atoms with Gasteiger partial charge < -0.3 is 4.74 Å². The van der Waals surface area contributed by atoms with Crippen molar-refractivity contribution in [2.24, 2.45) is 0 Å². The van der Waals surface area contributed by atoms with E-state index in [0.717, 1.165) is 22.0 Å². The van der Waals surface area contributed by atoms with Gasteiger partial charge in [-0.2, -0.15) is 5.10 Å². The predicted molar refractivity (Wildman–Crippen MR) is 121 cm³/mol. The zero-order chi connectivity index (χ0) is 22.1. The van der Waals surface area contributed by atoms with Crippen LogP contribution in [0.1, 0.15) is 24.5 Å². The van der Waals surface area contributed by atoms with Crippen molar-refractivity contribution >= 4 is 20.9 Å². The number of fused-ring (bicyclic) bond motifs is 1. The summed E-state index contributed by atoms with van der Waals surface area (Å²) in [6.07, 6.45) is 0.911. The molecule has 4 aromatic rings. The Morgan fingerprint density at radius 1 is 1.06 bits per heavy atom. The Bertz CT molecular complexity index is 1330. The molecule has 1 aromatic heterocycles. The van der Waals surface area contributed by atoms with Gasteiger partial charge in [0.15, 0.2) is 0 Å². The first kappa shape index (κ1) is 20.7. The Labute approximate surface area is 185 Å². The SMILES string of the molecule is O=S(=O)(NC[C@H](Oc1ccc2[nH]nc(-c3ccc(F)cc3)c2c1)c1ccccc1)C1CC1. The van der Waals surface area contributed by atoms with Gasteiger partial charge in [0.2, 0.25) is 10.0 Å². The average molecular weight is 452 g/mol. The highest BCUT2D eigenvalue weighted by Crippen LogP contribution is 2.32. The highest BCUT2D eigenvalue weighted by Gasteiger charge is 2.36. The Morgan fingerprint density at radius 3 is 2.53 bits per heavy atom. The van der Waals surface area contributed by atoms with Crippen molar-refractivity contribution in [1.82, 2.24) is 14.9 Å². The molecule has 0 aliphatic heterocycles. The fourth-order valence-corrected chi connectivity index (χ4v) is 5.02. The molecule has 1 saturated carbocycles. The van der Waals surface area contributed by atoms with Gasteiger partial charge in [0, 0.05) is 10.9 Å². The van der Waals surface area contributed by atoms with Crippen LogP contribution in [0.4, 0.5) is 4.39 Å². The van der Waals surface area contributed by atoms with E-state index in [2.05, 4.69) is 14.9 Å². The van der Waals surface area contributed by atoms with Crippen LogP contribution in [0.15, 0.2) is 72.8 Å². The fourth-order valence-electron chi connectivity index (χ4n) is 3.64. The molecule has 0 saturated heterocycles. The molecule has 6 nitrogen and oxygen atoms in total. The molecule has 2 N–H and O–H groups in total. The number of ether oxygens (including phenoxy) is 1. The standard InChI is InChI=1S/C24H22FN3O3S/c25-18-8-6-17(7-9-18)24-21-14-19(10-13-22(21)27-28-24)31-23(16-4-2-1-3-5-16)15-26-32(29,30)20-11-12-20/h1-10,13-14,20,23,26H,11-12,15H2,(H,27,28)/t23-/m0/s1. The number of benzene rings is 3. The van der Waals surface area contributed by atoms with Crippen molar-refractivity contribution in [2.75, 3.05) is 6.54 Å². The summed E-state index contributed by atoms with van der Waals surface area (Å²) in [4.78, 5) is 0. The predicted octanol–water partition coefficient (Wildman–Crippen LogP) is 4.57. The lowest BCUT2D eigenvalue weighted by molar-refractivity contribution is 0.209. The second-order valence-electron chi connectivity index (χ2n) is 7.90. The molecule has 0 bridgehead atoms. The highest BCUT2D eigenvalue weighted by molar-refractivity contribution is 7.90. The molecule has 3 aromatic carbocycles. The van der Waals surface area contributed by atoms with Crippen LogP contribution in [0.25, 0.3) is 22.2 Å². The first-order valence-electron chi connectivity index (χ1n) is 10.4. The Balaban J connectivity index is 1.44. The van der Waals surface area contributed by atoms with Crippen molar-refractivity contribution in [2.45, 2.75) is 24.2 Å². The van der Waals surface area contributed by atoms with E-state index >= 15 is 0 Å². The van der Waals surface area contributed by atoms with E-state index < -0.39 is 16.1 Å². The molecule has 0 radical (unpaired) electrons. The van der Waals surface area contributed by atoms with Gasteiger partial charge in [0.05, 0.1) is 17.3 Å². The van der Waals surface area contributed by atoms with E-state index in [1.165, 1.54) is 12.1 Å². The third-order valence-corrected chi connectivity index (χ3v) is 7.45. The molecule has 0 spiro atoms. The second kappa shape index (κ2) is 8.37. The molecule has 8 heteroatoms. The van der Waals surface area contributed by atoms with Gasteiger partial charge in [-0.25, -0.2) is 17.5 Å². The molecule has 1 heterocycles. The summed E-state index contributed by atoms with van der Waals surface area (Å²) in [6.45, 7) is 0.136. The number of sulfonamides is 1. The fraction of sp³-hybridized carbons (Fsp3) is 0.208. The number of hydrogen-bond donors (Lipinski definition) is 2. The number of aromatic amines is 1. The highest BCUT2D eigenvalue weighted by atomic mass is 32.2. The number of halogens is 1. The van der Waals surface area contributed by atoms with Gasteiger partial charge >= 0.3 is 0 Å². The van der Waals surface area contributed by atoms with E-state index in [0.29, 0.717) is 24.3 Å². The number of aromatic nitrogens is 2. The van der Waals surface area contributed by atoms with Crippen molar-refractivity contribution in [1.29, 1.82) is 0 Å². The number of nitrogens with one attached hydrogen (secondary N) is 2. The number of hydrogen-bond acceptors (Lipinski definition) is 4. The Kier molecular flexibility index (Phi) is 5.40. The molecule has 0 unspecified atom stereocenters. The van der Waals surface area contributed by atoms with Crippen molar-refractivity contribution in [3.63, 3.8) is 0 Å². The molecular weight excluding hydrogens is 429 g/mol. The molecule has 1 atom stereocenters. The first-order valence-corrected chi connectivity index (χ1v) is 12.0. The summed E-state index contributed by atoms with van der Waals surface area (Å²) in [5.74, 6) is 0.277. The van der Waals surface area contributed by atoms with Crippen LogP contribution < -0.4 is 9.46 Å². The lowest BCUT2D eigenvalue weighted by Crippen LogP contribution is -2.33. The summed E-state index contributed by atoms with van der Waals surface area (Å²) in [5.41, 5.74) is 3.17. The lowest BCUT2D eigenvalue weighted by Gasteiger charge is -2.20. The average Bonchev–Trinajstić information content (AvgIpc) is 3.59. The van der Waals surface area contributed by atoms with Crippen LogP contribution in [0.2, 0.25) is 0 Å². The topological polar surface area (TPSA) is 84.1 Å². The molecule has 32 heavy (non-hydrogen) atoms. The molecule has 1 aliphatic rings. The Hall–Kier alpha value is -3.23. The third-order valence-electron chi connectivity index (χ3n) is 5.53. The van der Waals surface area contributed by atoms with E-state index in [9.17, 15) is 12.8 Å². The summed E-state index contributed by atoms with van der Waals surface area (Å²) in [7, 11) is -3.33. The van der Waals surface area contributed by atoms with Gasteiger partial charge in [0.1, 0.15) is 23.4 Å². The minimum Gasteiger partial charge on any atom is -0.484 e. The number of H-pyrrole nitrogens is 1. The maximum absolute atomic E-state index is 13.3. The van der Waals surface area contributed by atoms with Gasteiger partial charge in [-0.1, -0.05) is 30.3 Å². The van der Waals surface area contributed by atoms with E-state index in [1.54, 1.807) is 12.1 Å². The number of rotatable bonds is 8. The van der Waals surface area contributed by atoms with Crippen LogP contribution in [0, 0.1) is 5.82 Å². The van der Waals surface area contributed by atoms with Crippen LogP contribution in [0.3, 0.4) is 0 Å². The second-order valence-corrected chi connectivity index (χ2v) is 9.94. The van der Waals surface area contributed by atoms with Gasteiger partial charge in [-0.3, -0.25) is 5.10 Å². The lowest BCUT2D eigenvalue weighted by atomic mass is 10.1. The zero-order valence-corrected chi connectivity index (χ0v) is 18.0. The number of nitrogens with zero attached hydrogens (tertiary/aromatic N) is 1. The van der Waals surface area contributed by atoms with Gasteiger partial charge in [-0.15, -0.1) is 0 Å². The Morgan fingerprint density at radius 2 is 1.81 bits per heavy atom. The maximum Gasteiger partial charge on any atom is 0.214 e. The smallest absolute Gasteiger partial charge is 0.214 e. The largest absolute Gasteiger partial charge is 0.484 e. The summed E-state index contributed by atoms with van der Waals surface area (Å²) < 4.78 is 47.0. The monoisotopic (exact) mass is 451 g/mol. The molecule has 0 amide bonds. The van der Waals surface area contributed by atoms with Crippen LogP contribution >= 0.6 is 0 Å². The minimum absolute atomic E-state index is 0.136. The van der Waals surface area contributed by atoms with E-state index in [1.807, 2.05) is 48.5 Å². The van der Waals surface area contributed by atoms with Gasteiger partial charge in [0.25, 0.3) is 0 Å². The van der Waals surface area contributed by atoms with Crippen LogP contribution in [-0.2, 0) is 10.0 Å². The molecule has 1 fully saturated rings. The first-order chi connectivity index (χ1) is 15.5. The van der Waals surface area contributed by atoms with E-state index in [-0.39, 0.29) is 17.6 Å². The summed E-state index contributed by atoms with van der Waals surface area (Å²) >= 11 is 0. The molecule has 164 valence electrons. The quantitative estimate of drug-likeness (QED) is 0.411. The van der Waals surface area contributed by atoms with Gasteiger partial charge in [-0.05, 0) is 60.9 Å². The normalized spacial score (nSPS) is 15.0. The third kappa shape index (κ3) is 4.37. The molecular formula is C24H22FN3O3S. The molecule has 5 rings (SSSR count). The van der Waals surface area contributed by atoms with Crippen molar-refractivity contribution in [3.05, 3.63) is 84.2 Å². The van der Waals surface area contributed by atoms with Crippen LogP contribution in [-0.4, -0.2) is 30.4 Å². The van der Waals surface area contributed by atoms with Crippen LogP contribution in [0.5, 0.6) is 5.75 Å². The van der Waals surface area contributed by atoms with Crippen molar-refractivity contribution in [3.8, 4) is 17.0 Å².